The zero-order chi connectivity index (χ0) is 20.3. The van der Waals surface area contributed by atoms with E-state index in [2.05, 4.69) is 23.2 Å². The molecule has 1 N–H and O–H groups in total. The predicted molar refractivity (Wildman–Crippen MR) is 116 cm³/mol. The van der Waals surface area contributed by atoms with Gasteiger partial charge in [0.25, 0.3) is 5.69 Å². The van der Waals surface area contributed by atoms with Crippen molar-refractivity contribution in [2.24, 2.45) is 0 Å². The van der Waals surface area contributed by atoms with Crippen molar-refractivity contribution < 1.29 is 9.66 Å². The maximum atomic E-state index is 11.0. The standard InChI is InChI=1S/C19H21ClN4O3S/c1-3-23-12-14(27-18-7-5-4-6-17(18)23)11-22(2)19(28)21-16-10-13(24(25)26)8-9-15(16)20/h4-10,14H,3,11-12H2,1-2H3,(H,21,28)/t14-/m1/s1. The number of halogens is 1. The zero-order valence-corrected chi connectivity index (χ0v) is 17.2. The van der Waals surface area contributed by atoms with E-state index in [0.717, 1.165) is 24.5 Å². The molecule has 9 heteroatoms. The number of nitrogens with zero attached hydrogens (tertiary/aromatic N) is 3. The molecule has 1 aliphatic heterocycles. The summed E-state index contributed by atoms with van der Waals surface area (Å²) in [5.41, 5.74) is 1.44. The summed E-state index contributed by atoms with van der Waals surface area (Å²) >= 11 is 11.6. The second kappa shape index (κ2) is 8.62. The summed E-state index contributed by atoms with van der Waals surface area (Å²) in [5, 5.41) is 14.7. The third-order valence-corrected chi connectivity index (χ3v) is 5.28. The van der Waals surface area contributed by atoms with Gasteiger partial charge in [-0.1, -0.05) is 23.7 Å². The molecule has 0 unspecified atom stereocenters. The summed E-state index contributed by atoms with van der Waals surface area (Å²) in [4.78, 5) is 14.6. The van der Waals surface area contributed by atoms with E-state index in [1.54, 1.807) is 0 Å². The number of thiocarbonyl (C=S) groups is 1. The Kier molecular flexibility index (Phi) is 6.21. The number of rotatable bonds is 5. The lowest BCUT2D eigenvalue weighted by Gasteiger charge is -2.37. The molecule has 0 aromatic heterocycles. The first kappa shape index (κ1) is 20.2. The molecule has 0 saturated heterocycles. The molecule has 0 spiro atoms. The topological polar surface area (TPSA) is 70.9 Å². The minimum absolute atomic E-state index is 0.0526. The van der Waals surface area contributed by atoms with E-state index >= 15 is 0 Å². The molecule has 2 aromatic rings. The van der Waals surface area contributed by atoms with E-state index in [-0.39, 0.29) is 11.8 Å². The van der Waals surface area contributed by atoms with Crippen molar-refractivity contribution in [3.63, 3.8) is 0 Å². The number of hydrogen-bond acceptors (Lipinski definition) is 5. The molecule has 0 bridgehead atoms. The Morgan fingerprint density at radius 1 is 1.43 bits per heavy atom. The first-order chi connectivity index (χ1) is 13.4. The van der Waals surface area contributed by atoms with Crippen LogP contribution in [0.15, 0.2) is 42.5 Å². The summed E-state index contributed by atoms with van der Waals surface area (Å²) in [6.07, 6.45) is -0.0693. The molecule has 1 aliphatic rings. The molecular weight excluding hydrogens is 400 g/mol. The number of nitrogens with one attached hydrogen (secondary N) is 1. The minimum atomic E-state index is -0.471. The molecule has 28 heavy (non-hydrogen) atoms. The predicted octanol–water partition coefficient (Wildman–Crippen LogP) is 4.16. The van der Waals surface area contributed by atoms with Gasteiger partial charge >= 0.3 is 0 Å². The van der Waals surface area contributed by atoms with Crippen molar-refractivity contribution in [2.75, 3.05) is 36.9 Å². The molecule has 1 atom stereocenters. The average Bonchev–Trinajstić information content (AvgIpc) is 2.68. The Labute approximate surface area is 174 Å². The second-order valence-electron chi connectivity index (χ2n) is 6.48. The molecule has 0 aliphatic carbocycles. The van der Waals surface area contributed by atoms with E-state index in [9.17, 15) is 10.1 Å². The first-order valence-corrected chi connectivity index (χ1v) is 9.64. The summed E-state index contributed by atoms with van der Waals surface area (Å²) in [6.45, 7) is 4.30. The Balaban J connectivity index is 1.67. The maximum Gasteiger partial charge on any atom is 0.271 e. The maximum absolute atomic E-state index is 11.0. The Morgan fingerprint density at radius 2 is 2.18 bits per heavy atom. The Hall–Kier alpha value is -2.58. The number of fused-ring (bicyclic) bond motifs is 1. The van der Waals surface area contributed by atoms with Crippen molar-refractivity contribution in [1.29, 1.82) is 0 Å². The van der Waals surface area contributed by atoms with Crippen LogP contribution in [0, 0.1) is 10.1 Å². The first-order valence-electron chi connectivity index (χ1n) is 8.85. The zero-order valence-electron chi connectivity index (χ0n) is 15.6. The number of likely N-dealkylation sites (N-methyl/N-ethyl adjacent to an activating group) is 2. The molecule has 2 aromatic carbocycles. The number of nitro benzene ring substituents is 1. The van der Waals surface area contributed by atoms with E-state index in [0.29, 0.717) is 22.4 Å². The van der Waals surface area contributed by atoms with Gasteiger partial charge in [0, 0.05) is 25.7 Å². The van der Waals surface area contributed by atoms with Crippen molar-refractivity contribution in [3.8, 4) is 5.75 Å². The monoisotopic (exact) mass is 420 g/mol. The van der Waals surface area contributed by atoms with Gasteiger partial charge in [0.15, 0.2) is 5.11 Å². The summed E-state index contributed by atoms with van der Waals surface area (Å²) in [5.74, 6) is 0.856. The number of anilines is 2. The van der Waals surface area contributed by atoms with Crippen molar-refractivity contribution in [1.82, 2.24) is 4.90 Å². The second-order valence-corrected chi connectivity index (χ2v) is 7.27. The lowest BCUT2D eigenvalue weighted by Crippen LogP contribution is -2.47. The summed E-state index contributed by atoms with van der Waals surface area (Å²) in [6, 6.07) is 12.2. The van der Waals surface area contributed by atoms with Crippen LogP contribution in [-0.4, -0.2) is 47.7 Å². The fourth-order valence-electron chi connectivity index (χ4n) is 3.10. The van der Waals surface area contributed by atoms with Crippen molar-refractivity contribution in [2.45, 2.75) is 13.0 Å². The van der Waals surface area contributed by atoms with E-state index in [1.807, 2.05) is 30.1 Å². The third kappa shape index (κ3) is 4.45. The molecule has 0 radical (unpaired) electrons. The van der Waals surface area contributed by atoms with Crippen LogP contribution < -0.4 is 15.0 Å². The van der Waals surface area contributed by atoms with Crippen LogP contribution in [0.3, 0.4) is 0 Å². The highest BCUT2D eigenvalue weighted by molar-refractivity contribution is 7.80. The lowest BCUT2D eigenvalue weighted by molar-refractivity contribution is -0.384. The average molecular weight is 421 g/mol. The van der Waals surface area contributed by atoms with Gasteiger partial charge in [-0.25, -0.2) is 0 Å². The largest absolute Gasteiger partial charge is 0.485 e. The van der Waals surface area contributed by atoms with Crippen LogP contribution in [0.1, 0.15) is 6.92 Å². The van der Waals surface area contributed by atoms with Gasteiger partial charge < -0.3 is 19.9 Å². The van der Waals surface area contributed by atoms with Crippen LogP contribution in [0.4, 0.5) is 17.1 Å². The fourth-order valence-corrected chi connectivity index (χ4v) is 3.44. The molecular formula is C19H21ClN4O3S. The normalized spacial score (nSPS) is 15.4. The van der Waals surface area contributed by atoms with Crippen LogP contribution >= 0.6 is 23.8 Å². The Morgan fingerprint density at radius 3 is 2.89 bits per heavy atom. The number of nitro groups is 1. The highest BCUT2D eigenvalue weighted by atomic mass is 35.5. The van der Waals surface area contributed by atoms with Crippen molar-refractivity contribution >= 4 is 46.0 Å². The minimum Gasteiger partial charge on any atom is -0.485 e. The molecule has 7 nitrogen and oxygen atoms in total. The van der Waals surface area contributed by atoms with Crippen molar-refractivity contribution in [3.05, 3.63) is 57.6 Å². The van der Waals surface area contributed by atoms with Crippen LogP contribution in [-0.2, 0) is 0 Å². The summed E-state index contributed by atoms with van der Waals surface area (Å²) < 4.78 is 6.12. The number of para-hydroxylation sites is 2. The van der Waals surface area contributed by atoms with Crippen LogP contribution in [0.2, 0.25) is 5.02 Å². The quantitative estimate of drug-likeness (QED) is 0.442. The van der Waals surface area contributed by atoms with E-state index < -0.39 is 4.92 Å². The molecule has 0 fully saturated rings. The van der Waals surface area contributed by atoms with Gasteiger partial charge in [-0.15, -0.1) is 0 Å². The van der Waals surface area contributed by atoms with Gasteiger partial charge in [-0.3, -0.25) is 10.1 Å². The molecule has 0 saturated carbocycles. The van der Waals surface area contributed by atoms with Crippen LogP contribution in [0.5, 0.6) is 5.75 Å². The number of benzene rings is 2. The SMILES string of the molecule is CCN1C[C@@H](CN(C)C(=S)Nc2cc([N+](=O)[O-])ccc2Cl)Oc2ccccc21. The van der Waals surface area contributed by atoms with Gasteiger partial charge in [0.1, 0.15) is 11.9 Å². The molecule has 1 heterocycles. The van der Waals surface area contributed by atoms with E-state index in [1.165, 1.54) is 18.2 Å². The lowest BCUT2D eigenvalue weighted by atomic mass is 10.2. The number of hydrogen-bond donors (Lipinski definition) is 1. The number of non-ortho nitro benzene ring substituents is 1. The molecule has 3 rings (SSSR count). The number of ether oxygens (including phenoxy) is 1. The highest BCUT2D eigenvalue weighted by Gasteiger charge is 2.26. The molecule has 148 valence electrons. The van der Waals surface area contributed by atoms with E-state index in [4.69, 9.17) is 28.6 Å². The third-order valence-electron chi connectivity index (χ3n) is 4.53. The molecule has 0 amide bonds. The van der Waals surface area contributed by atoms with Gasteiger partial charge in [0.2, 0.25) is 0 Å². The van der Waals surface area contributed by atoms with Crippen LogP contribution in [0.25, 0.3) is 0 Å². The fraction of sp³-hybridized carbons (Fsp3) is 0.316. The van der Waals surface area contributed by atoms with Gasteiger partial charge in [-0.2, -0.15) is 0 Å². The van der Waals surface area contributed by atoms with Gasteiger partial charge in [-0.05, 0) is 37.3 Å². The van der Waals surface area contributed by atoms with Gasteiger partial charge in [0.05, 0.1) is 34.4 Å². The Bertz CT molecular complexity index is 895. The summed E-state index contributed by atoms with van der Waals surface area (Å²) in [7, 11) is 1.85. The smallest absolute Gasteiger partial charge is 0.271 e. The highest BCUT2D eigenvalue weighted by Crippen LogP contribution is 2.33.